The Morgan fingerprint density at radius 2 is 2.17 bits per heavy atom. The van der Waals surface area contributed by atoms with Gasteiger partial charge in [-0.15, -0.1) is 0 Å². The van der Waals surface area contributed by atoms with Crippen molar-refractivity contribution in [3.05, 3.63) is 34.2 Å². The maximum atomic E-state index is 11.6. The summed E-state index contributed by atoms with van der Waals surface area (Å²) in [7, 11) is 1.52. The summed E-state index contributed by atoms with van der Waals surface area (Å²) < 4.78 is 4.76. The van der Waals surface area contributed by atoms with E-state index in [1.54, 1.807) is 0 Å². The molecule has 0 aliphatic carbocycles. The van der Waals surface area contributed by atoms with E-state index in [1.807, 2.05) is 0 Å². The van der Waals surface area contributed by atoms with E-state index in [1.165, 1.54) is 25.6 Å². The van der Waals surface area contributed by atoms with Gasteiger partial charge >= 0.3 is 0 Å². The molecule has 98 valence electrons. The number of carbonyl (C=O) groups excluding carboxylic acids is 2. The number of hydrogen-bond donors (Lipinski definition) is 3. The minimum absolute atomic E-state index is 0.0257. The van der Waals surface area contributed by atoms with Crippen molar-refractivity contribution in [2.45, 2.75) is 0 Å². The lowest BCUT2D eigenvalue weighted by Crippen LogP contribution is -2.39. The molecule has 1 heterocycles. The van der Waals surface area contributed by atoms with Gasteiger partial charge in [0.15, 0.2) is 5.43 Å². The first-order chi connectivity index (χ1) is 8.65. The second kappa shape index (κ2) is 7.23. The zero-order chi connectivity index (χ0) is 13.4. The predicted octanol–water partition coefficient (Wildman–Crippen LogP) is -1.13. The van der Waals surface area contributed by atoms with E-state index in [-0.39, 0.29) is 18.0 Å². The average molecular weight is 253 g/mol. The molecular formula is C11H15N3O4. The largest absolute Gasteiger partial charge is 0.383 e. The van der Waals surface area contributed by atoms with Gasteiger partial charge in [-0.05, 0) is 0 Å². The molecule has 7 nitrogen and oxygen atoms in total. The third-order valence-electron chi connectivity index (χ3n) is 2.11. The molecule has 0 atom stereocenters. The molecular weight excluding hydrogens is 238 g/mol. The summed E-state index contributed by atoms with van der Waals surface area (Å²) >= 11 is 0. The molecule has 0 fully saturated rings. The van der Waals surface area contributed by atoms with Crippen molar-refractivity contribution < 1.29 is 14.3 Å². The van der Waals surface area contributed by atoms with Crippen LogP contribution in [0.1, 0.15) is 10.4 Å². The Morgan fingerprint density at radius 3 is 2.83 bits per heavy atom. The molecule has 0 saturated heterocycles. The van der Waals surface area contributed by atoms with Crippen LogP contribution in [-0.2, 0) is 9.53 Å². The van der Waals surface area contributed by atoms with Crippen LogP contribution >= 0.6 is 0 Å². The minimum Gasteiger partial charge on any atom is -0.383 e. The molecule has 0 aromatic carbocycles. The fourth-order valence-corrected chi connectivity index (χ4v) is 1.20. The third-order valence-corrected chi connectivity index (χ3v) is 2.11. The summed E-state index contributed by atoms with van der Waals surface area (Å²) in [6.45, 7) is 0.589. The molecule has 0 bridgehead atoms. The lowest BCUT2D eigenvalue weighted by atomic mass is 10.2. The van der Waals surface area contributed by atoms with Crippen LogP contribution < -0.4 is 16.1 Å². The Hall–Kier alpha value is -2.15. The molecule has 0 saturated carbocycles. The van der Waals surface area contributed by atoms with Gasteiger partial charge in [0.1, 0.15) is 5.56 Å². The maximum absolute atomic E-state index is 11.6. The number of rotatable bonds is 6. The van der Waals surface area contributed by atoms with E-state index in [0.29, 0.717) is 13.2 Å². The van der Waals surface area contributed by atoms with Crippen molar-refractivity contribution in [2.24, 2.45) is 0 Å². The summed E-state index contributed by atoms with van der Waals surface area (Å²) in [5, 5.41) is 4.90. The standard InChI is InChI=1S/C11H15N3O4/c1-18-5-4-13-10(16)7-14-11(17)8-6-12-3-2-9(8)15/h2-3,6H,4-5,7H2,1H3,(H,12,15)(H,13,16)(H,14,17). The molecule has 0 radical (unpaired) electrons. The highest BCUT2D eigenvalue weighted by atomic mass is 16.5. The van der Waals surface area contributed by atoms with Crippen LogP contribution in [0, 0.1) is 0 Å². The number of aromatic amines is 1. The average Bonchev–Trinajstić information content (AvgIpc) is 2.37. The minimum atomic E-state index is -0.584. The number of hydrogen-bond acceptors (Lipinski definition) is 4. The van der Waals surface area contributed by atoms with Crippen LogP contribution in [0.3, 0.4) is 0 Å². The van der Waals surface area contributed by atoms with Gasteiger partial charge in [0.25, 0.3) is 5.91 Å². The molecule has 0 unspecified atom stereocenters. The number of nitrogens with one attached hydrogen (secondary N) is 3. The molecule has 0 spiro atoms. The SMILES string of the molecule is COCCNC(=O)CNC(=O)c1c[nH]ccc1=O. The van der Waals surface area contributed by atoms with Crippen molar-refractivity contribution in [1.29, 1.82) is 0 Å². The molecule has 7 heteroatoms. The lowest BCUT2D eigenvalue weighted by Gasteiger charge is -2.06. The monoisotopic (exact) mass is 253 g/mol. The number of carbonyl (C=O) groups is 2. The van der Waals surface area contributed by atoms with Crippen molar-refractivity contribution in [2.75, 3.05) is 26.8 Å². The van der Waals surface area contributed by atoms with Crippen LogP contribution in [0.5, 0.6) is 0 Å². The highest BCUT2D eigenvalue weighted by molar-refractivity contribution is 5.96. The van der Waals surface area contributed by atoms with Gasteiger partial charge in [-0.25, -0.2) is 0 Å². The smallest absolute Gasteiger partial charge is 0.257 e. The molecule has 0 aliphatic rings. The van der Waals surface area contributed by atoms with E-state index in [4.69, 9.17) is 4.74 Å². The first-order valence-electron chi connectivity index (χ1n) is 5.36. The van der Waals surface area contributed by atoms with Gasteiger partial charge in [-0.1, -0.05) is 0 Å². The Morgan fingerprint density at radius 1 is 1.39 bits per heavy atom. The van der Waals surface area contributed by atoms with Crippen molar-refractivity contribution in [3.8, 4) is 0 Å². The predicted molar refractivity (Wildman–Crippen MR) is 64.3 cm³/mol. The fourth-order valence-electron chi connectivity index (χ4n) is 1.20. The van der Waals surface area contributed by atoms with Gasteiger partial charge in [-0.3, -0.25) is 14.4 Å². The van der Waals surface area contributed by atoms with E-state index in [9.17, 15) is 14.4 Å². The topological polar surface area (TPSA) is 100 Å². The summed E-state index contributed by atoms with van der Waals surface area (Å²) in [5.74, 6) is -0.925. The van der Waals surface area contributed by atoms with Crippen molar-refractivity contribution in [1.82, 2.24) is 15.6 Å². The van der Waals surface area contributed by atoms with E-state index in [2.05, 4.69) is 15.6 Å². The summed E-state index contributed by atoms with van der Waals surface area (Å²) in [5.41, 5.74) is -0.423. The number of aromatic nitrogens is 1. The highest BCUT2D eigenvalue weighted by Crippen LogP contribution is 1.87. The zero-order valence-electron chi connectivity index (χ0n) is 9.99. The van der Waals surface area contributed by atoms with Crippen LogP contribution in [0.15, 0.2) is 23.3 Å². The second-order valence-electron chi connectivity index (χ2n) is 3.45. The number of methoxy groups -OCH3 is 1. The summed E-state index contributed by atoms with van der Waals surface area (Å²) in [6, 6.07) is 1.24. The van der Waals surface area contributed by atoms with Crippen LogP contribution in [0.2, 0.25) is 0 Å². The number of H-pyrrole nitrogens is 1. The Labute approximate surface area is 104 Å². The quantitative estimate of drug-likeness (QED) is 0.558. The molecule has 0 aliphatic heterocycles. The third kappa shape index (κ3) is 4.38. The first-order valence-corrected chi connectivity index (χ1v) is 5.36. The number of amides is 2. The van der Waals surface area contributed by atoms with Crippen LogP contribution in [-0.4, -0.2) is 43.6 Å². The summed E-state index contributed by atoms with van der Waals surface area (Å²) in [4.78, 5) is 36.8. The van der Waals surface area contributed by atoms with E-state index < -0.39 is 11.3 Å². The highest BCUT2D eigenvalue weighted by Gasteiger charge is 2.10. The molecule has 1 rings (SSSR count). The van der Waals surface area contributed by atoms with Gasteiger partial charge in [-0.2, -0.15) is 0 Å². The van der Waals surface area contributed by atoms with Crippen LogP contribution in [0.25, 0.3) is 0 Å². The Bertz CT molecular complexity index is 469. The van der Waals surface area contributed by atoms with Gasteiger partial charge in [0.05, 0.1) is 13.2 Å². The number of pyridine rings is 1. The van der Waals surface area contributed by atoms with Crippen LogP contribution in [0.4, 0.5) is 0 Å². The van der Waals surface area contributed by atoms with Gasteiger partial charge in [0.2, 0.25) is 5.91 Å². The van der Waals surface area contributed by atoms with Gasteiger partial charge < -0.3 is 20.4 Å². The number of ether oxygens (including phenoxy) is 1. The fraction of sp³-hybridized carbons (Fsp3) is 0.364. The first kappa shape index (κ1) is 13.9. The maximum Gasteiger partial charge on any atom is 0.257 e. The Balaban J connectivity index is 2.40. The molecule has 3 N–H and O–H groups in total. The summed E-state index contributed by atoms with van der Waals surface area (Å²) in [6.07, 6.45) is 2.72. The van der Waals surface area contributed by atoms with E-state index in [0.717, 1.165) is 0 Å². The van der Waals surface area contributed by atoms with Crippen molar-refractivity contribution in [3.63, 3.8) is 0 Å². The molecule has 2 amide bonds. The second-order valence-corrected chi connectivity index (χ2v) is 3.45. The molecule has 1 aromatic heterocycles. The van der Waals surface area contributed by atoms with E-state index >= 15 is 0 Å². The van der Waals surface area contributed by atoms with Gasteiger partial charge in [0, 0.05) is 32.1 Å². The lowest BCUT2D eigenvalue weighted by molar-refractivity contribution is -0.120. The molecule has 18 heavy (non-hydrogen) atoms. The Kier molecular flexibility index (Phi) is 5.59. The van der Waals surface area contributed by atoms with Crippen molar-refractivity contribution >= 4 is 11.8 Å². The molecule has 1 aromatic rings. The normalized spacial score (nSPS) is 9.83. The zero-order valence-corrected chi connectivity index (χ0v) is 9.99.